The van der Waals surface area contributed by atoms with Crippen molar-refractivity contribution >= 4 is 28.0 Å². The smallest absolute Gasteiger partial charge is 0.339 e. The number of para-hydroxylation sites is 2. The maximum Gasteiger partial charge on any atom is 0.449 e. The number of amides is 1. The highest BCUT2D eigenvalue weighted by molar-refractivity contribution is 5.97. The van der Waals surface area contributed by atoms with E-state index in [-0.39, 0.29) is 18.4 Å². The van der Waals surface area contributed by atoms with Gasteiger partial charge in [-0.25, -0.2) is 4.98 Å². The molecule has 2 aromatic heterocycles. The predicted molar refractivity (Wildman–Crippen MR) is 113 cm³/mol. The van der Waals surface area contributed by atoms with Crippen molar-refractivity contribution in [2.45, 2.75) is 25.6 Å². The minimum Gasteiger partial charge on any atom is -0.339 e. The summed E-state index contributed by atoms with van der Waals surface area (Å²) < 4.78 is 42.0. The van der Waals surface area contributed by atoms with Gasteiger partial charge in [0.05, 0.1) is 22.1 Å². The highest BCUT2D eigenvalue weighted by Gasteiger charge is 2.38. The normalized spacial score (nSPS) is 15.5. The quantitative estimate of drug-likeness (QED) is 0.470. The Balaban J connectivity index is 1.30. The number of piperidine rings is 1. The van der Waals surface area contributed by atoms with Crippen LogP contribution in [0, 0.1) is 5.92 Å². The molecule has 1 aliphatic rings. The first-order valence-corrected chi connectivity index (χ1v) is 10.4. The van der Waals surface area contributed by atoms with Crippen LogP contribution in [0.5, 0.6) is 0 Å². The summed E-state index contributed by atoms with van der Waals surface area (Å²) in [6.07, 6.45) is -0.0834. The molecule has 6 nitrogen and oxygen atoms in total. The van der Waals surface area contributed by atoms with E-state index in [9.17, 15) is 18.0 Å². The van der Waals surface area contributed by atoms with Crippen LogP contribution >= 0.6 is 0 Å². The van der Waals surface area contributed by atoms with Crippen molar-refractivity contribution in [1.82, 2.24) is 24.4 Å². The van der Waals surface area contributed by atoms with Crippen LogP contribution in [-0.4, -0.2) is 43.4 Å². The second-order valence-electron chi connectivity index (χ2n) is 8.03. The summed E-state index contributed by atoms with van der Waals surface area (Å²) in [6.45, 7) is 1.22. The van der Waals surface area contributed by atoms with Crippen molar-refractivity contribution in [1.29, 1.82) is 0 Å². The van der Waals surface area contributed by atoms with Gasteiger partial charge in [0.1, 0.15) is 0 Å². The Morgan fingerprint density at radius 1 is 0.969 bits per heavy atom. The molecule has 32 heavy (non-hydrogen) atoms. The third-order valence-electron chi connectivity index (χ3n) is 5.97. The van der Waals surface area contributed by atoms with Gasteiger partial charge in [0.15, 0.2) is 0 Å². The molecule has 2 aromatic carbocycles. The van der Waals surface area contributed by atoms with Crippen molar-refractivity contribution in [2.75, 3.05) is 13.1 Å². The largest absolute Gasteiger partial charge is 0.449 e. The Labute approximate surface area is 181 Å². The highest BCUT2D eigenvalue weighted by Crippen LogP contribution is 2.33. The molecule has 0 radical (unpaired) electrons. The van der Waals surface area contributed by atoms with E-state index < -0.39 is 12.0 Å². The summed E-state index contributed by atoms with van der Waals surface area (Å²) in [5, 5.41) is 0. The van der Waals surface area contributed by atoms with E-state index in [4.69, 9.17) is 0 Å². The number of hydrogen-bond acceptors (Lipinski definition) is 4. The van der Waals surface area contributed by atoms with Gasteiger partial charge in [-0.2, -0.15) is 13.2 Å². The van der Waals surface area contributed by atoms with Crippen LogP contribution in [0.4, 0.5) is 13.2 Å². The van der Waals surface area contributed by atoms with Crippen molar-refractivity contribution in [2.24, 2.45) is 5.92 Å². The first-order valence-electron chi connectivity index (χ1n) is 10.4. The van der Waals surface area contributed by atoms with E-state index in [0.29, 0.717) is 48.0 Å². The fraction of sp³-hybridized carbons (Fsp3) is 0.304. The van der Waals surface area contributed by atoms with E-state index in [1.54, 1.807) is 59.8 Å². The van der Waals surface area contributed by atoms with Crippen molar-refractivity contribution in [3.63, 3.8) is 0 Å². The molecule has 0 spiro atoms. The second-order valence-corrected chi connectivity index (χ2v) is 8.03. The number of aromatic nitrogens is 4. The van der Waals surface area contributed by atoms with Gasteiger partial charge in [0.25, 0.3) is 5.91 Å². The Kier molecular flexibility index (Phi) is 5.03. The molecule has 0 atom stereocenters. The average Bonchev–Trinajstić information content (AvgIpc) is 3.18. The summed E-state index contributed by atoms with van der Waals surface area (Å²) in [5.74, 6) is -0.935. The van der Waals surface area contributed by atoms with Gasteiger partial charge in [0, 0.05) is 37.6 Å². The van der Waals surface area contributed by atoms with Gasteiger partial charge in [-0.3, -0.25) is 14.8 Å². The zero-order valence-corrected chi connectivity index (χ0v) is 17.1. The van der Waals surface area contributed by atoms with Crippen LogP contribution in [0.3, 0.4) is 0 Å². The minimum atomic E-state index is -4.52. The molecule has 0 N–H and O–H groups in total. The van der Waals surface area contributed by atoms with E-state index in [1.807, 2.05) is 0 Å². The fourth-order valence-corrected chi connectivity index (χ4v) is 4.33. The van der Waals surface area contributed by atoms with Gasteiger partial charge >= 0.3 is 6.18 Å². The molecule has 1 saturated heterocycles. The number of carbonyl (C=O) groups excluding carboxylic acids is 1. The monoisotopic (exact) mass is 439 g/mol. The Morgan fingerprint density at radius 2 is 1.69 bits per heavy atom. The number of imidazole rings is 1. The number of benzene rings is 2. The minimum absolute atomic E-state index is 0.0280. The first-order chi connectivity index (χ1) is 15.4. The van der Waals surface area contributed by atoms with Crippen LogP contribution in [0.25, 0.3) is 22.1 Å². The van der Waals surface area contributed by atoms with E-state index >= 15 is 0 Å². The van der Waals surface area contributed by atoms with Gasteiger partial charge < -0.3 is 9.47 Å². The topological polar surface area (TPSA) is 63.9 Å². The summed E-state index contributed by atoms with van der Waals surface area (Å²) >= 11 is 0. The first kappa shape index (κ1) is 20.4. The molecule has 5 rings (SSSR count). The van der Waals surface area contributed by atoms with Gasteiger partial charge in [-0.1, -0.05) is 12.1 Å². The van der Waals surface area contributed by atoms with E-state index in [2.05, 4.69) is 15.0 Å². The Hall–Kier alpha value is -3.49. The van der Waals surface area contributed by atoms with Crippen LogP contribution in [0.1, 0.15) is 29.0 Å². The maximum absolute atomic E-state index is 13.6. The van der Waals surface area contributed by atoms with Crippen molar-refractivity contribution in [3.05, 3.63) is 66.2 Å². The average molecular weight is 439 g/mol. The molecular weight excluding hydrogens is 419 g/mol. The number of halogens is 3. The lowest BCUT2D eigenvalue weighted by Gasteiger charge is -2.32. The van der Waals surface area contributed by atoms with Crippen LogP contribution in [-0.2, 0) is 12.7 Å². The lowest BCUT2D eigenvalue weighted by Crippen LogP contribution is -2.39. The maximum atomic E-state index is 13.6. The summed E-state index contributed by atoms with van der Waals surface area (Å²) in [6, 6.07) is 11.9. The molecule has 4 aromatic rings. The second kappa shape index (κ2) is 7.89. The predicted octanol–water partition coefficient (Wildman–Crippen LogP) is 4.55. The molecule has 164 valence electrons. The molecule has 1 aliphatic heterocycles. The zero-order valence-electron chi connectivity index (χ0n) is 17.1. The molecule has 0 saturated carbocycles. The summed E-state index contributed by atoms with van der Waals surface area (Å²) in [5.41, 5.74) is 2.73. The summed E-state index contributed by atoms with van der Waals surface area (Å²) in [4.78, 5) is 27.0. The van der Waals surface area contributed by atoms with Gasteiger partial charge in [-0.05, 0) is 49.1 Å². The number of carbonyl (C=O) groups is 1. The molecule has 0 aliphatic carbocycles. The SMILES string of the molecule is O=C(c1ccc2nccnc2c1)N1CCC(Cn2c(C(F)(F)F)nc3ccccc32)CC1. The summed E-state index contributed by atoms with van der Waals surface area (Å²) in [7, 11) is 0. The molecule has 3 heterocycles. The third kappa shape index (κ3) is 3.79. The number of alkyl halides is 3. The Morgan fingerprint density at radius 3 is 2.44 bits per heavy atom. The van der Waals surface area contributed by atoms with Crippen LogP contribution in [0.15, 0.2) is 54.9 Å². The van der Waals surface area contributed by atoms with Crippen molar-refractivity contribution < 1.29 is 18.0 Å². The number of nitrogens with zero attached hydrogens (tertiary/aromatic N) is 5. The third-order valence-corrected chi connectivity index (χ3v) is 5.97. The molecule has 1 fully saturated rings. The molecular formula is C23H20F3N5O. The number of hydrogen-bond donors (Lipinski definition) is 0. The van der Waals surface area contributed by atoms with Crippen LogP contribution < -0.4 is 0 Å². The van der Waals surface area contributed by atoms with Gasteiger partial charge in [0.2, 0.25) is 5.82 Å². The van der Waals surface area contributed by atoms with E-state index in [0.717, 1.165) is 5.52 Å². The standard InChI is InChI=1S/C23H20F3N5O/c24-23(25,26)22-29-18-3-1-2-4-20(18)31(22)14-15-7-11-30(12-8-15)21(32)16-5-6-17-19(13-16)28-10-9-27-17/h1-6,9-10,13,15H,7-8,11-12,14H2. The van der Waals surface area contributed by atoms with Crippen LogP contribution in [0.2, 0.25) is 0 Å². The van der Waals surface area contributed by atoms with E-state index in [1.165, 1.54) is 4.57 Å². The molecule has 0 unspecified atom stereocenters. The number of fused-ring (bicyclic) bond motifs is 2. The Bertz CT molecular complexity index is 1290. The fourth-order valence-electron chi connectivity index (χ4n) is 4.33. The molecule has 9 heteroatoms. The number of likely N-dealkylation sites (tertiary alicyclic amines) is 1. The zero-order chi connectivity index (χ0) is 22.3. The molecule has 0 bridgehead atoms. The van der Waals surface area contributed by atoms with Crippen molar-refractivity contribution in [3.8, 4) is 0 Å². The molecule has 1 amide bonds. The highest BCUT2D eigenvalue weighted by atomic mass is 19.4. The van der Waals surface area contributed by atoms with Gasteiger partial charge in [-0.15, -0.1) is 0 Å². The lowest BCUT2D eigenvalue weighted by atomic mass is 9.96. The lowest BCUT2D eigenvalue weighted by molar-refractivity contribution is -0.147. The number of rotatable bonds is 3.